The van der Waals surface area contributed by atoms with Crippen LogP contribution >= 0.6 is 0 Å². The molecule has 6 nitrogen and oxygen atoms in total. The number of hydrogen-bond acceptors (Lipinski definition) is 3. The molecule has 2 aromatic carbocycles. The third-order valence-corrected chi connectivity index (χ3v) is 6.38. The Labute approximate surface area is 203 Å². The second kappa shape index (κ2) is 9.51. The molecule has 2 N–H and O–H groups in total. The quantitative estimate of drug-likeness (QED) is 0.434. The van der Waals surface area contributed by atoms with Crippen LogP contribution in [0.5, 0.6) is 0 Å². The summed E-state index contributed by atoms with van der Waals surface area (Å²) in [5, 5.41) is 4.01. The second-order valence-electron chi connectivity index (χ2n) is 9.08. The molecule has 3 amide bonds. The third kappa shape index (κ3) is 5.05. The molecule has 2 atom stereocenters. The zero-order valence-corrected chi connectivity index (χ0v) is 19.2. The van der Waals surface area contributed by atoms with Crippen LogP contribution in [0.1, 0.15) is 31.4 Å². The second-order valence-corrected chi connectivity index (χ2v) is 9.08. The van der Waals surface area contributed by atoms with E-state index in [0.717, 1.165) is 25.3 Å². The van der Waals surface area contributed by atoms with Gasteiger partial charge in [-0.3, -0.25) is 14.4 Å². The Kier molecular flexibility index (Phi) is 6.76. The highest BCUT2D eigenvalue weighted by atomic mass is 19.4. The Hall–Kier alpha value is -3.50. The molecule has 4 rings (SSSR count). The van der Waals surface area contributed by atoms with Crippen LogP contribution in [0.3, 0.4) is 0 Å². The van der Waals surface area contributed by atoms with Crippen molar-refractivity contribution in [3.05, 3.63) is 54.1 Å². The van der Waals surface area contributed by atoms with Gasteiger partial charge in [-0.05, 0) is 42.9 Å². The van der Waals surface area contributed by atoms with E-state index < -0.39 is 48.3 Å². The van der Waals surface area contributed by atoms with E-state index in [1.807, 2.05) is 18.2 Å². The van der Waals surface area contributed by atoms with E-state index in [0.29, 0.717) is 29.3 Å². The van der Waals surface area contributed by atoms with E-state index in [9.17, 15) is 36.3 Å². The Morgan fingerprint density at radius 1 is 0.972 bits per heavy atom. The summed E-state index contributed by atoms with van der Waals surface area (Å²) >= 11 is 0. The van der Waals surface area contributed by atoms with Crippen molar-refractivity contribution in [2.24, 2.45) is 11.8 Å². The first kappa shape index (κ1) is 25.6. The fraction of sp³-hybridized carbons (Fsp3) is 0.400. The molecule has 0 aromatic heterocycles. The highest BCUT2D eigenvalue weighted by molar-refractivity contribution is 6.08. The zero-order valence-electron chi connectivity index (χ0n) is 19.2. The summed E-state index contributed by atoms with van der Waals surface area (Å²) in [6.45, 7) is -0.485. The van der Waals surface area contributed by atoms with Crippen molar-refractivity contribution in [3.8, 4) is 11.1 Å². The van der Waals surface area contributed by atoms with Gasteiger partial charge in [0.25, 0.3) is 5.91 Å². The number of hydrogen-bond donors (Lipinski definition) is 2. The summed E-state index contributed by atoms with van der Waals surface area (Å²) in [6, 6.07) is 13.1. The summed E-state index contributed by atoms with van der Waals surface area (Å²) in [5.74, 6) is -9.18. The van der Waals surface area contributed by atoms with Crippen LogP contribution in [-0.4, -0.2) is 42.9 Å². The smallest absolute Gasteiger partial charge is 0.349 e. The van der Waals surface area contributed by atoms with E-state index >= 15 is 0 Å². The minimum atomic E-state index is -5.84. The van der Waals surface area contributed by atoms with E-state index in [4.69, 9.17) is 0 Å². The van der Waals surface area contributed by atoms with Crippen molar-refractivity contribution in [2.75, 3.05) is 18.0 Å². The van der Waals surface area contributed by atoms with Crippen LogP contribution in [0.15, 0.2) is 48.5 Å². The predicted molar refractivity (Wildman–Crippen MR) is 121 cm³/mol. The van der Waals surface area contributed by atoms with Gasteiger partial charge in [0.2, 0.25) is 11.8 Å². The molecular formula is C25H24F5N3O3. The molecule has 0 bridgehead atoms. The number of halogens is 5. The normalized spacial score (nSPS) is 18.6. The SMILES string of the molecule is C[C@@H](C(=O)NCC(F)(F)C(F)(F)F)C(=O)N[C@H]1C(=O)N(CC2CC2)c2ccccc2-c2ccccc21. The highest BCUT2D eigenvalue weighted by Crippen LogP contribution is 2.42. The molecule has 1 aliphatic carbocycles. The van der Waals surface area contributed by atoms with E-state index in [1.54, 1.807) is 35.2 Å². The number of carbonyl (C=O) groups excluding carboxylic acids is 3. The fourth-order valence-electron chi connectivity index (χ4n) is 4.06. The molecule has 2 aliphatic rings. The molecule has 11 heteroatoms. The lowest BCUT2D eigenvalue weighted by Crippen LogP contribution is -2.50. The molecule has 0 saturated heterocycles. The number of fused-ring (bicyclic) bond motifs is 3. The molecule has 1 fully saturated rings. The summed E-state index contributed by atoms with van der Waals surface area (Å²) in [6.07, 6.45) is -3.91. The average molecular weight is 509 g/mol. The van der Waals surface area contributed by atoms with Gasteiger partial charge < -0.3 is 15.5 Å². The van der Waals surface area contributed by atoms with Gasteiger partial charge in [-0.15, -0.1) is 0 Å². The Morgan fingerprint density at radius 2 is 1.58 bits per heavy atom. The van der Waals surface area contributed by atoms with Crippen LogP contribution in [0.4, 0.5) is 27.6 Å². The van der Waals surface area contributed by atoms with Crippen LogP contribution in [0, 0.1) is 11.8 Å². The number of rotatable bonds is 7. The van der Waals surface area contributed by atoms with Crippen LogP contribution in [-0.2, 0) is 14.4 Å². The molecule has 1 aliphatic heterocycles. The largest absolute Gasteiger partial charge is 0.455 e. The van der Waals surface area contributed by atoms with Gasteiger partial charge in [-0.1, -0.05) is 42.5 Å². The van der Waals surface area contributed by atoms with Gasteiger partial charge in [-0.2, -0.15) is 22.0 Å². The molecule has 0 radical (unpaired) electrons. The van der Waals surface area contributed by atoms with Gasteiger partial charge in [0.05, 0.1) is 12.2 Å². The minimum absolute atomic E-state index is 0.319. The number of nitrogens with one attached hydrogen (secondary N) is 2. The standard InChI is InChI=1S/C25H24F5N3O3/c1-14(21(34)31-13-24(26,27)25(28,29)30)22(35)32-20-18-8-3-2-6-16(18)17-7-4-5-9-19(17)33(23(20)36)12-15-10-11-15/h2-9,14-15,20H,10-13H2,1H3,(H,31,34)(H,32,35)/t14-,20+/m0/s1. The van der Waals surface area contributed by atoms with Crippen molar-refractivity contribution in [3.63, 3.8) is 0 Å². The summed E-state index contributed by atoms with van der Waals surface area (Å²) in [5.41, 5.74) is 2.66. The monoisotopic (exact) mass is 509 g/mol. The fourth-order valence-corrected chi connectivity index (χ4v) is 4.06. The van der Waals surface area contributed by atoms with Gasteiger partial charge in [0.1, 0.15) is 12.0 Å². The average Bonchev–Trinajstić information content (AvgIpc) is 3.67. The lowest BCUT2D eigenvalue weighted by molar-refractivity contribution is -0.278. The lowest BCUT2D eigenvalue weighted by atomic mass is 9.95. The zero-order chi connectivity index (χ0) is 26.3. The predicted octanol–water partition coefficient (Wildman–Crippen LogP) is 4.22. The summed E-state index contributed by atoms with van der Waals surface area (Å²) in [4.78, 5) is 40.4. The first-order chi connectivity index (χ1) is 16.9. The molecule has 0 spiro atoms. The van der Waals surface area contributed by atoms with Crippen LogP contribution in [0.2, 0.25) is 0 Å². The molecule has 36 heavy (non-hydrogen) atoms. The molecule has 1 saturated carbocycles. The number of para-hydroxylation sites is 1. The van der Waals surface area contributed by atoms with E-state index in [-0.39, 0.29) is 0 Å². The van der Waals surface area contributed by atoms with Gasteiger partial charge in [0.15, 0.2) is 0 Å². The third-order valence-electron chi connectivity index (χ3n) is 6.38. The van der Waals surface area contributed by atoms with Crippen molar-refractivity contribution in [1.82, 2.24) is 10.6 Å². The summed E-state index contributed by atoms with van der Waals surface area (Å²) in [7, 11) is 0. The molecule has 0 unspecified atom stereocenters. The van der Waals surface area contributed by atoms with E-state index in [2.05, 4.69) is 5.32 Å². The Morgan fingerprint density at radius 3 is 2.22 bits per heavy atom. The Bertz CT molecular complexity index is 1180. The number of carbonyl (C=O) groups is 3. The first-order valence-electron chi connectivity index (χ1n) is 11.4. The van der Waals surface area contributed by atoms with Crippen molar-refractivity contribution in [2.45, 2.75) is 37.9 Å². The summed E-state index contributed by atoms with van der Waals surface area (Å²) < 4.78 is 63.6. The van der Waals surface area contributed by atoms with Crippen LogP contribution in [0.25, 0.3) is 11.1 Å². The molecule has 2 aromatic rings. The minimum Gasteiger partial charge on any atom is -0.349 e. The van der Waals surface area contributed by atoms with Crippen LogP contribution < -0.4 is 15.5 Å². The topological polar surface area (TPSA) is 78.5 Å². The number of alkyl halides is 5. The van der Waals surface area contributed by atoms with Gasteiger partial charge >= 0.3 is 12.1 Å². The van der Waals surface area contributed by atoms with E-state index in [1.165, 1.54) is 5.32 Å². The maximum atomic E-state index is 13.7. The maximum Gasteiger partial charge on any atom is 0.455 e. The van der Waals surface area contributed by atoms with Gasteiger partial charge in [0, 0.05) is 12.1 Å². The molecule has 1 heterocycles. The molecule has 192 valence electrons. The van der Waals surface area contributed by atoms with Crippen molar-refractivity contribution >= 4 is 23.4 Å². The number of nitrogens with zero attached hydrogens (tertiary/aromatic N) is 1. The maximum absolute atomic E-state index is 13.7. The van der Waals surface area contributed by atoms with Crippen molar-refractivity contribution in [1.29, 1.82) is 0 Å². The Balaban J connectivity index is 1.58. The lowest BCUT2D eigenvalue weighted by Gasteiger charge is -2.27. The molecular weight excluding hydrogens is 485 g/mol. The van der Waals surface area contributed by atoms with Gasteiger partial charge in [-0.25, -0.2) is 0 Å². The highest BCUT2D eigenvalue weighted by Gasteiger charge is 2.57. The number of amides is 3. The first-order valence-corrected chi connectivity index (χ1v) is 11.4. The number of benzene rings is 2. The number of anilines is 1. The van der Waals surface area contributed by atoms with Crippen molar-refractivity contribution < 1.29 is 36.3 Å².